The highest BCUT2D eigenvalue weighted by Gasteiger charge is 2.13. The maximum Gasteiger partial charge on any atom is 0.280 e. The van der Waals surface area contributed by atoms with E-state index in [-0.39, 0.29) is 11.6 Å². The Bertz CT molecular complexity index is 494. The summed E-state index contributed by atoms with van der Waals surface area (Å²) in [6, 6.07) is 3.19. The minimum Gasteiger partial charge on any atom is -0.505 e. The van der Waals surface area contributed by atoms with E-state index in [9.17, 15) is 5.11 Å². The maximum absolute atomic E-state index is 9.60. The minimum atomic E-state index is 0.0477. The average Bonchev–Trinajstić information content (AvgIpc) is 2.75. The Morgan fingerprint density at radius 3 is 2.94 bits per heavy atom. The number of hydrogen-bond donors (Lipinski definition) is 1. The molecule has 0 radical (unpaired) electrons. The van der Waals surface area contributed by atoms with Crippen molar-refractivity contribution in [2.24, 2.45) is 5.92 Å². The predicted octanol–water partition coefficient (Wildman–Crippen LogP) is 2.43. The summed E-state index contributed by atoms with van der Waals surface area (Å²) >= 11 is 0. The van der Waals surface area contributed by atoms with Crippen LogP contribution in [0.1, 0.15) is 26.1 Å². The highest BCUT2D eigenvalue weighted by Crippen LogP contribution is 2.24. The van der Waals surface area contributed by atoms with Gasteiger partial charge < -0.3 is 9.63 Å². The molecule has 0 spiro atoms. The van der Waals surface area contributed by atoms with Crippen LogP contribution in [0.4, 0.5) is 0 Å². The van der Waals surface area contributed by atoms with Gasteiger partial charge in [-0.2, -0.15) is 4.98 Å². The van der Waals surface area contributed by atoms with Gasteiger partial charge in [-0.15, -0.1) is 0 Å². The first-order valence-electron chi connectivity index (χ1n) is 5.63. The second kappa shape index (κ2) is 4.95. The molecule has 17 heavy (non-hydrogen) atoms. The summed E-state index contributed by atoms with van der Waals surface area (Å²) in [4.78, 5) is 8.22. The molecule has 0 aliphatic heterocycles. The zero-order chi connectivity index (χ0) is 12.3. The molecule has 0 unspecified atom stereocenters. The molecule has 0 amide bonds. The number of nitrogens with zero attached hydrogens (tertiary/aromatic N) is 3. The maximum atomic E-state index is 9.60. The summed E-state index contributed by atoms with van der Waals surface area (Å²) in [5.41, 5.74) is 0.329. The third-order valence-electron chi connectivity index (χ3n) is 2.40. The van der Waals surface area contributed by atoms with Gasteiger partial charge in [0.2, 0.25) is 0 Å². The molecular weight excluding hydrogens is 218 g/mol. The lowest BCUT2D eigenvalue weighted by Gasteiger charge is -1.98. The van der Waals surface area contributed by atoms with Crippen molar-refractivity contribution in [2.45, 2.75) is 26.7 Å². The summed E-state index contributed by atoms with van der Waals surface area (Å²) < 4.78 is 5.08. The van der Waals surface area contributed by atoms with Gasteiger partial charge in [0, 0.05) is 12.6 Å². The first-order chi connectivity index (χ1) is 8.16. The standard InChI is InChI=1S/C12H15N3O2/c1-8(2)5-6-10-14-12(17-15-10)11-9(16)4-3-7-13-11/h3-4,7-8,16H,5-6H2,1-2H3. The Morgan fingerprint density at radius 2 is 2.24 bits per heavy atom. The predicted molar refractivity (Wildman–Crippen MR) is 62.4 cm³/mol. The Morgan fingerprint density at radius 1 is 1.41 bits per heavy atom. The van der Waals surface area contributed by atoms with Crippen LogP contribution in [0.25, 0.3) is 11.6 Å². The molecule has 2 heterocycles. The molecule has 0 saturated carbocycles. The van der Waals surface area contributed by atoms with Gasteiger partial charge in [0.25, 0.3) is 5.89 Å². The van der Waals surface area contributed by atoms with Crippen LogP contribution in [0.15, 0.2) is 22.9 Å². The molecule has 0 aliphatic rings. The molecule has 0 saturated heterocycles. The Hall–Kier alpha value is -1.91. The summed E-state index contributed by atoms with van der Waals surface area (Å²) in [6.45, 7) is 4.29. The molecule has 1 N–H and O–H groups in total. The molecule has 0 aromatic carbocycles. The molecule has 0 fully saturated rings. The van der Waals surface area contributed by atoms with Gasteiger partial charge in [-0.1, -0.05) is 19.0 Å². The van der Waals surface area contributed by atoms with Crippen molar-refractivity contribution in [2.75, 3.05) is 0 Å². The fourth-order valence-corrected chi connectivity index (χ4v) is 1.43. The van der Waals surface area contributed by atoms with Gasteiger partial charge >= 0.3 is 0 Å². The van der Waals surface area contributed by atoms with E-state index in [0.717, 1.165) is 12.8 Å². The van der Waals surface area contributed by atoms with Crippen LogP contribution < -0.4 is 0 Å². The van der Waals surface area contributed by atoms with Gasteiger partial charge in [0.05, 0.1) is 0 Å². The van der Waals surface area contributed by atoms with Gasteiger partial charge in [-0.3, -0.25) is 0 Å². The third-order valence-corrected chi connectivity index (χ3v) is 2.40. The van der Waals surface area contributed by atoms with E-state index >= 15 is 0 Å². The van der Waals surface area contributed by atoms with Crippen LogP contribution in [-0.2, 0) is 6.42 Å². The van der Waals surface area contributed by atoms with E-state index in [1.54, 1.807) is 18.3 Å². The number of aromatic nitrogens is 3. The van der Waals surface area contributed by atoms with Crippen LogP contribution in [-0.4, -0.2) is 20.2 Å². The second-order valence-electron chi connectivity index (χ2n) is 4.32. The van der Waals surface area contributed by atoms with Crippen LogP contribution >= 0.6 is 0 Å². The molecule has 5 nitrogen and oxygen atoms in total. The van der Waals surface area contributed by atoms with E-state index in [0.29, 0.717) is 17.4 Å². The monoisotopic (exact) mass is 233 g/mol. The summed E-state index contributed by atoms with van der Waals surface area (Å²) in [5.74, 6) is 1.56. The molecule has 0 atom stereocenters. The van der Waals surface area contributed by atoms with E-state index < -0.39 is 0 Å². The average molecular weight is 233 g/mol. The second-order valence-corrected chi connectivity index (χ2v) is 4.32. The molecule has 2 aromatic heterocycles. The first-order valence-corrected chi connectivity index (χ1v) is 5.63. The van der Waals surface area contributed by atoms with Gasteiger partial charge in [-0.05, 0) is 24.5 Å². The third kappa shape index (κ3) is 2.81. The van der Waals surface area contributed by atoms with Crippen molar-refractivity contribution in [3.05, 3.63) is 24.2 Å². The number of aromatic hydroxyl groups is 1. The first kappa shape index (κ1) is 11.6. The highest BCUT2D eigenvalue weighted by molar-refractivity contribution is 5.55. The molecule has 90 valence electrons. The van der Waals surface area contributed by atoms with Crippen LogP contribution in [0.2, 0.25) is 0 Å². The smallest absolute Gasteiger partial charge is 0.280 e. The zero-order valence-electron chi connectivity index (χ0n) is 9.92. The van der Waals surface area contributed by atoms with Crippen LogP contribution in [0.3, 0.4) is 0 Å². The number of pyridine rings is 1. The largest absolute Gasteiger partial charge is 0.505 e. The topological polar surface area (TPSA) is 72.0 Å². The normalized spacial score (nSPS) is 11.0. The van der Waals surface area contributed by atoms with Gasteiger partial charge in [-0.25, -0.2) is 4.98 Å². The summed E-state index contributed by atoms with van der Waals surface area (Å²) in [5, 5.41) is 13.5. The van der Waals surface area contributed by atoms with Crippen molar-refractivity contribution in [1.82, 2.24) is 15.1 Å². The Balaban J connectivity index is 2.16. The van der Waals surface area contributed by atoms with Crippen molar-refractivity contribution >= 4 is 0 Å². The Kier molecular flexibility index (Phi) is 3.37. The van der Waals surface area contributed by atoms with Crippen LogP contribution in [0.5, 0.6) is 5.75 Å². The molecular formula is C12H15N3O2. The van der Waals surface area contributed by atoms with Crippen molar-refractivity contribution in [3.63, 3.8) is 0 Å². The fourth-order valence-electron chi connectivity index (χ4n) is 1.43. The van der Waals surface area contributed by atoms with E-state index in [1.165, 1.54) is 0 Å². The lowest BCUT2D eigenvalue weighted by atomic mass is 10.1. The quantitative estimate of drug-likeness (QED) is 0.878. The van der Waals surface area contributed by atoms with E-state index in [2.05, 4.69) is 29.0 Å². The molecule has 0 bridgehead atoms. The number of aryl methyl sites for hydroxylation is 1. The highest BCUT2D eigenvalue weighted by atomic mass is 16.5. The van der Waals surface area contributed by atoms with Gasteiger partial charge in [0.15, 0.2) is 11.5 Å². The minimum absolute atomic E-state index is 0.0477. The Labute approximate surface area is 99.5 Å². The fraction of sp³-hybridized carbons (Fsp3) is 0.417. The lowest BCUT2D eigenvalue weighted by molar-refractivity contribution is 0.412. The number of hydrogen-bond acceptors (Lipinski definition) is 5. The molecule has 5 heteroatoms. The van der Waals surface area contributed by atoms with Crippen molar-refractivity contribution < 1.29 is 9.63 Å². The van der Waals surface area contributed by atoms with E-state index in [4.69, 9.17) is 4.52 Å². The SMILES string of the molecule is CC(C)CCc1noc(-c2ncccc2O)n1. The number of rotatable bonds is 4. The summed E-state index contributed by atoms with van der Waals surface area (Å²) in [7, 11) is 0. The molecule has 0 aliphatic carbocycles. The summed E-state index contributed by atoms with van der Waals surface area (Å²) in [6.07, 6.45) is 3.36. The van der Waals surface area contributed by atoms with Gasteiger partial charge in [0.1, 0.15) is 5.75 Å². The van der Waals surface area contributed by atoms with Crippen molar-refractivity contribution in [3.8, 4) is 17.3 Å². The molecule has 2 aromatic rings. The lowest BCUT2D eigenvalue weighted by Crippen LogP contribution is -1.94. The van der Waals surface area contributed by atoms with Crippen molar-refractivity contribution in [1.29, 1.82) is 0 Å². The van der Waals surface area contributed by atoms with Crippen LogP contribution in [0, 0.1) is 5.92 Å². The zero-order valence-corrected chi connectivity index (χ0v) is 9.92. The van der Waals surface area contributed by atoms with E-state index in [1.807, 2.05) is 0 Å². The molecule has 2 rings (SSSR count).